The SMILES string of the molecule is CC1CCC(n2nnc(C(=O)O)c2C(F)F)CC1C. The molecule has 1 aliphatic rings. The summed E-state index contributed by atoms with van der Waals surface area (Å²) in [7, 11) is 0. The van der Waals surface area contributed by atoms with Crippen LogP contribution in [0.1, 0.15) is 61.8 Å². The summed E-state index contributed by atoms with van der Waals surface area (Å²) in [4.78, 5) is 10.9. The summed E-state index contributed by atoms with van der Waals surface area (Å²) in [6, 6.07) is -0.184. The van der Waals surface area contributed by atoms with Crippen molar-refractivity contribution in [1.82, 2.24) is 15.0 Å². The number of carbonyl (C=O) groups is 1. The number of hydrogen-bond acceptors (Lipinski definition) is 3. The van der Waals surface area contributed by atoms with Gasteiger partial charge in [-0.1, -0.05) is 19.1 Å². The second kappa shape index (κ2) is 5.22. The zero-order valence-corrected chi connectivity index (χ0v) is 10.9. The van der Waals surface area contributed by atoms with Crippen molar-refractivity contribution in [3.8, 4) is 0 Å². The van der Waals surface area contributed by atoms with Crippen LogP contribution in [-0.4, -0.2) is 26.1 Å². The third kappa shape index (κ3) is 2.59. The number of aromatic carboxylic acids is 1. The minimum atomic E-state index is -2.88. The molecule has 1 aliphatic carbocycles. The molecule has 19 heavy (non-hydrogen) atoms. The summed E-state index contributed by atoms with van der Waals surface area (Å²) >= 11 is 0. The third-order valence-corrected chi connectivity index (χ3v) is 4.06. The Morgan fingerprint density at radius 3 is 2.58 bits per heavy atom. The van der Waals surface area contributed by atoms with Gasteiger partial charge in [-0.05, 0) is 31.1 Å². The Hall–Kier alpha value is -1.53. The zero-order chi connectivity index (χ0) is 14.2. The van der Waals surface area contributed by atoms with Gasteiger partial charge in [0.25, 0.3) is 6.43 Å². The van der Waals surface area contributed by atoms with E-state index in [9.17, 15) is 13.6 Å². The van der Waals surface area contributed by atoms with Crippen LogP contribution in [0.25, 0.3) is 0 Å². The highest BCUT2D eigenvalue weighted by Crippen LogP contribution is 2.37. The molecule has 3 atom stereocenters. The fourth-order valence-electron chi connectivity index (χ4n) is 2.67. The first kappa shape index (κ1) is 13.9. The summed E-state index contributed by atoms with van der Waals surface area (Å²) in [5.74, 6) is -0.505. The molecule has 1 fully saturated rings. The maximum absolute atomic E-state index is 13.0. The number of alkyl halides is 2. The van der Waals surface area contributed by atoms with Crippen LogP contribution in [0.5, 0.6) is 0 Å². The minimum Gasteiger partial charge on any atom is -0.476 e. The van der Waals surface area contributed by atoms with Crippen molar-refractivity contribution >= 4 is 5.97 Å². The van der Waals surface area contributed by atoms with Crippen molar-refractivity contribution in [1.29, 1.82) is 0 Å². The van der Waals surface area contributed by atoms with Crippen LogP contribution in [0.15, 0.2) is 0 Å². The van der Waals surface area contributed by atoms with E-state index < -0.39 is 23.8 Å². The third-order valence-electron chi connectivity index (χ3n) is 4.06. The molecule has 3 unspecified atom stereocenters. The second-order valence-electron chi connectivity index (χ2n) is 5.30. The lowest BCUT2D eigenvalue weighted by molar-refractivity contribution is 0.0673. The van der Waals surface area contributed by atoms with E-state index in [0.717, 1.165) is 23.9 Å². The molecule has 1 heterocycles. The monoisotopic (exact) mass is 273 g/mol. The van der Waals surface area contributed by atoms with Gasteiger partial charge in [0.15, 0.2) is 5.69 Å². The van der Waals surface area contributed by atoms with Gasteiger partial charge in [-0.3, -0.25) is 0 Å². The lowest BCUT2D eigenvalue weighted by Gasteiger charge is -2.32. The molecule has 1 aromatic rings. The maximum atomic E-state index is 13.0. The summed E-state index contributed by atoms with van der Waals surface area (Å²) in [6.07, 6.45) is -0.496. The predicted octanol–water partition coefficient (Wildman–Crippen LogP) is 2.91. The molecule has 5 nitrogen and oxygen atoms in total. The molecule has 1 saturated carbocycles. The van der Waals surface area contributed by atoms with Crippen LogP contribution in [-0.2, 0) is 0 Å². The molecule has 2 rings (SSSR count). The van der Waals surface area contributed by atoms with Crippen LogP contribution in [0.2, 0.25) is 0 Å². The first-order valence-corrected chi connectivity index (χ1v) is 6.38. The maximum Gasteiger partial charge on any atom is 0.358 e. The van der Waals surface area contributed by atoms with Crippen LogP contribution in [0.3, 0.4) is 0 Å². The summed E-state index contributed by atoms with van der Waals surface area (Å²) in [5, 5.41) is 15.9. The second-order valence-corrected chi connectivity index (χ2v) is 5.30. The van der Waals surface area contributed by atoms with Gasteiger partial charge in [-0.2, -0.15) is 0 Å². The minimum absolute atomic E-state index is 0.184. The van der Waals surface area contributed by atoms with Crippen molar-refractivity contribution in [2.24, 2.45) is 11.8 Å². The van der Waals surface area contributed by atoms with Crippen molar-refractivity contribution < 1.29 is 18.7 Å². The number of nitrogens with zero attached hydrogens (tertiary/aromatic N) is 3. The highest BCUT2D eigenvalue weighted by atomic mass is 19.3. The molecule has 0 saturated heterocycles. The molecule has 0 bridgehead atoms. The molecular weight excluding hydrogens is 256 g/mol. The number of aromatic nitrogens is 3. The quantitative estimate of drug-likeness (QED) is 0.919. The van der Waals surface area contributed by atoms with E-state index in [-0.39, 0.29) is 6.04 Å². The van der Waals surface area contributed by atoms with E-state index in [0.29, 0.717) is 11.8 Å². The van der Waals surface area contributed by atoms with Crippen LogP contribution >= 0.6 is 0 Å². The molecule has 0 radical (unpaired) electrons. The Morgan fingerprint density at radius 2 is 2.05 bits per heavy atom. The van der Waals surface area contributed by atoms with Gasteiger partial charge in [0.1, 0.15) is 5.69 Å². The Morgan fingerprint density at radius 1 is 1.37 bits per heavy atom. The van der Waals surface area contributed by atoms with E-state index in [2.05, 4.69) is 24.2 Å². The Bertz CT molecular complexity index is 476. The van der Waals surface area contributed by atoms with E-state index in [1.165, 1.54) is 0 Å². The average Bonchev–Trinajstić information content (AvgIpc) is 2.77. The summed E-state index contributed by atoms with van der Waals surface area (Å²) < 4.78 is 27.2. The lowest BCUT2D eigenvalue weighted by Crippen LogP contribution is -2.25. The van der Waals surface area contributed by atoms with Gasteiger partial charge in [0, 0.05) is 0 Å². The topological polar surface area (TPSA) is 68.0 Å². The Balaban J connectivity index is 2.32. The molecule has 1 N–H and O–H groups in total. The number of carboxylic acids is 1. The van der Waals surface area contributed by atoms with Gasteiger partial charge >= 0.3 is 5.97 Å². The Kier molecular flexibility index (Phi) is 3.82. The predicted molar refractivity (Wildman–Crippen MR) is 63.2 cm³/mol. The van der Waals surface area contributed by atoms with Gasteiger partial charge in [-0.25, -0.2) is 18.3 Å². The molecule has 106 valence electrons. The highest BCUT2D eigenvalue weighted by Gasteiger charge is 2.33. The first-order chi connectivity index (χ1) is 8.91. The standard InChI is InChI=1S/C12H17F2N3O2/c1-6-3-4-8(5-7(6)2)17-10(11(13)14)9(12(18)19)15-16-17/h6-8,11H,3-5H2,1-2H3,(H,18,19). The van der Waals surface area contributed by atoms with Crippen LogP contribution < -0.4 is 0 Å². The number of rotatable bonds is 3. The molecule has 0 aliphatic heterocycles. The molecule has 0 spiro atoms. The average molecular weight is 273 g/mol. The van der Waals surface area contributed by atoms with E-state index in [1.54, 1.807) is 0 Å². The zero-order valence-electron chi connectivity index (χ0n) is 10.9. The van der Waals surface area contributed by atoms with Gasteiger partial charge in [-0.15, -0.1) is 5.10 Å². The van der Waals surface area contributed by atoms with E-state index in [4.69, 9.17) is 5.11 Å². The molecule has 7 heteroatoms. The van der Waals surface area contributed by atoms with Gasteiger partial charge in [0.2, 0.25) is 0 Å². The highest BCUT2D eigenvalue weighted by molar-refractivity contribution is 5.86. The fourth-order valence-corrected chi connectivity index (χ4v) is 2.67. The number of carboxylic acid groups (broad SMARTS) is 1. The van der Waals surface area contributed by atoms with Crippen molar-refractivity contribution in [2.75, 3.05) is 0 Å². The van der Waals surface area contributed by atoms with Gasteiger partial charge in [0.05, 0.1) is 6.04 Å². The number of hydrogen-bond donors (Lipinski definition) is 1. The van der Waals surface area contributed by atoms with Crippen LogP contribution in [0.4, 0.5) is 8.78 Å². The molecule has 0 aromatic carbocycles. The van der Waals surface area contributed by atoms with Crippen molar-refractivity contribution in [3.63, 3.8) is 0 Å². The first-order valence-electron chi connectivity index (χ1n) is 6.38. The van der Waals surface area contributed by atoms with Crippen molar-refractivity contribution in [2.45, 2.75) is 45.6 Å². The fraction of sp³-hybridized carbons (Fsp3) is 0.750. The largest absolute Gasteiger partial charge is 0.476 e. The summed E-state index contributed by atoms with van der Waals surface area (Å²) in [5.41, 5.74) is -1.21. The molecule has 1 aromatic heterocycles. The van der Waals surface area contributed by atoms with E-state index in [1.807, 2.05) is 0 Å². The van der Waals surface area contributed by atoms with Gasteiger partial charge < -0.3 is 5.11 Å². The smallest absolute Gasteiger partial charge is 0.358 e. The number of halogens is 2. The van der Waals surface area contributed by atoms with Crippen LogP contribution in [0, 0.1) is 11.8 Å². The molecular formula is C12H17F2N3O2. The lowest BCUT2D eigenvalue weighted by atomic mass is 9.79. The normalized spacial score (nSPS) is 27.7. The van der Waals surface area contributed by atoms with E-state index >= 15 is 0 Å². The summed E-state index contributed by atoms with van der Waals surface area (Å²) in [6.45, 7) is 4.22. The Labute approximate surface area is 109 Å². The van der Waals surface area contributed by atoms with Crippen molar-refractivity contribution in [3.05, 3.63) is 11.4 Å². The molecule has 0 amide bonds.